The van der Waals surface area contributed by atoms with Gasteiger partial charge in [-0.25, -0.2) is 0 Å². The molecule has 0 saturated carbocycles. The van der Waals surface area contributed by atoms with Crippen molar-refractivity contribution in [3.8, 4) is 11.5 Å². The minimum atomic E-state index is -1.43. The number of hydrogen-bond acceptors (Lipinski definition) is 7. The molecule has 144 valence electrons. The van der Waals surface area contributed by atoms with Gasteiger partial charge in [0.1, 0.15) is 17.4 Å². The molecule has 0 aromatic heterocycles. The van der Waals surface area contributed by atoms with E-state index in [1.165, 1.54) is 38.3 Å². The van der Waals surface area contributed by atoms with Crippen LogP contribution in [0.1, 0.15) is 62.2 Å². The SMILES string of the molecule is COC(=O)C1c2cc3c(c(O)c2CC[C@]1(C)O)C(=O)c1c(O)cccc1C3=O. The van der Waals surface area contributed by atoms with Crippen LogP contribution in [0, 0.1) is 0 Å². The summed E-state index contributed by atoms with van der Waals surface area (Å²) in [5, 5.41) is 31.6. The lowest BCUT2D eigenvalue weighted by Crippen LogP contribution is -2.42. The number of aromatic hydroxyl groups is 2. The van der Waals surface area contributed by atoms with Crippen LogP contribution in [-0.4, -0.2) is 45.6 Å². The van der Waals surface area contributed by atoms with Gasteiger partial charge in [-0.1, -0.05) is 12.1 Å². The molecule has 28 heavy (non-hydrogen) atoms. The minimum Gasteiger partial charge on any atom is -0.507 e. The van der Waals surface area contributed by atoms with Crippen molar-refractivity contribution >= 4 is 17.5 Å². The quantitative estimate of drug-likeness (QED) is 0.549. The zero-order chi connectivity index (χ0) is 20.4. The van der Waals surface area contributed by atoms with Crippen molar-refractivity contribution in [2.24, 2.45) is 0 Å². The number of fused-ring (bicyclic) bond motifs is 3. The Hall–Kier alpha value is -3.19. The Kier molecular flexibility index (Phi) is 3.83. The number of phenols is 2. The van der Waals surface area contributed by atoms with E-state index in [9.17, 15) is 29.7 Å². The second kappa shape index (κ2) is 5.90. The highest BCUT2D eigenvalue weighted by Gasteiger charge is 2.46. The molecular formula is C21H18O7. The topological polar surface area (TPSA) is 121 Å². The molecule has 0 saturated heterocycles. The molecule has 0 bridgehead atoms. The van der Waals surface area contributed by atoms with Crippen LogP contribution >= 0.6 is 0 Å². The molecule has 0 heterocycles. The molecule has 7 heteroatoms. The van der Waals surface area contributed by atoms with Crippen LogP contribution in [-0.2, 0) is 16.0 Å². The normalized spacial score (nSPS) is 22.9. The Bertz CT molecular complexity index is 1060. The number of ketones is 2. The number of aliphatic hydroxyl groups is 1. The fraction of sp³-hybridized carbons (Fsp3) is 0.286. The van der Waals surface area contributed by atoms with Crippen LogP contribution in [0.15, 0.2) is 24.3 Å². The first kappa shape index (κ1) is 18.2. The van der Waals surface area contributed by atoms with E-state index in [1.807, 2.05) is 0 Å². The van der Waals surface area contributed by atoms with Crippen LogP contribution in [0.5, 0.6) is 11.5 Å². The molecule has 7 nitrogen and oxygen atoms in total. The van der Waals surface area contributed by atoms with Crippen LogP contribution < -0.4 is 0 Å². The Morgan fingerprint density at radius 3 is 2.54 bits per heavy atom. The van der Waals surface area contributed by atoms with Crippen molar-refractivity contribution in [1.29, 1.82) is 0 Å². The van der Waals surface area contributed by atoms with Crippen molar-refractivity contribution in [3.63, 3.8) is 0 Å². The summed E-state index contributed by atoms with van der Waals surface area (Å²) in [7, 11) is 1.19. The lowest BCUT2D eigenvalue weighted by Gasteiger charge is -2.38. The molecule has 2 atom stereocenters. The molecule has 3 N–H and O–H groups in total. The summed E-state index contributed by atoms with van der Waals surface area (Å²) in [6.45, 7) is 1.49. The van der Waals surface area contributed by atoms with E-state index in [-0.39, 0.29) is 46.4 Å². The monoisotopic (exact) mass is 382 g/mol. The number of benzene rings is 2. The van der Waals surface area contributed by atoms with Gasteiger partial charge >= 0.3 is 5.97 Å². The highest BCUT2D eigenvalue weighted by Crippen LogP contribution is 2.47. The molecule has 4 rings (SSSR count). The molecule has 2 aromatic rings. The Labute approximate surface area is 160 Å². The van der Waals surface area contributed by atoms with Gasteiger partial charge in [0.15, 0.2) is 5.78 Å². The second-order valence-corrected chi connectivity index (χ2v) is 7.39. The number of methoxy groups -OCH3 is 1. The van der Waals surface area contributed by atoms with Gasteiger partial charge in [-0.2, -0.15) is 0 Å². The first-order valence-corrected chi connectivity index (χ1v) is 8.79. The lowest BCUT2D eigenvalue weighted by atomic mass is 9.69. The first-order valence-electron chi connectivity index (χ1n) is 8.79. The Balaban J connectivity index is 2.01. The largest absolute Gasteiger partial charge is 0.507 e. The second-order valence-electron chi connectivity index (χ2n) is 7.39. The summed E-state index contributed by atoms with van der Waals surface area (Å²) >= 11 is 0. The summed E-state index contributed by atoms with van der Waals surface area (Å²) in [4.78, 5) is 38.3. The van der Waals surface area contributed by atoms with E-state index in [2.05, 4.69) is 0 Å². The first-order chi connectivity index (χ1) is 13.2. The van der Waals surface area contributed by atoms with Crippen molar-refractivity contribution < 1.29 is 34.4 Å². The zero-order valence-electron chi connectivity index (χ0n) is 15.3. The predicted molar refractivity (Wildman–Crippen MR) is 96.8 cm³/mol. The van der Waals surface area contributed by atoms with E-state index in [1.54, 1.807) is 0 Å². The summed E-state index contributed by atoms with van der Waals surface area (Å²) in [5.41, 5.74) is -1.23. The van der Waals surface area contributed by atoms with E-state index in [0.29, 0.717) is 5.56 Å². The van der Waals surface area contributed by atoms with E-state index >= 15 is 0 Å². The van der Waals surface area contributed by atoms with Crippen LogP contribution in [0.3, 0.4) is 0 Å². The van der Waals surface area contributed by atoms with Gasteiger partial charge in [-0.05, 0) is 43.0 Å². The molecule has 1 unspecified atom stereocenters. The maximum absolute atomic E-state index is 13.0. The summed E-state index contributed by atoms with van der Waals surface area (Å²) < 4.78 is 4.82. The van der Waals surface area contributed by atoms with Gasteiger partial charge in [-0.3, -0.25) is 14.4 Å². The third kappa shape index (κ3) is 2.29. The van der Waals surface area contributed by atoms with Crippen molar-refractivity contribution in [2.75, 3.05) is 7.11 Å². The summed E-state index contributed by atoms with van der Waals surface area (Å²) in [5.74, 6) is -3.75. The molecule has 0 amide bonds. The molecule has 0 radical (unpaired) electrons. The van der Waals surface area contributed by atoms with Crippen molar-refractivity contribution in [2.45, 2.75) is 31.3 Å². The molecule has 0 fully saturated rings. The fourth-order valence-electron chi connectivity index (χ4n) is 4.25. The lowest BCUT2D eigenvalue weighted by molar-refractivity contribution is -0.149. The maximum Gasteiger partial charge on any atom is 0.316 e. The number of hydrogen-bond donors (Lipinski definition) is 3. The van der Waals surface area contributed by atoms with Gasteiger partial charge in [0.25, 0.3) is 0 Å². The fourth-order valence-corrected chi connectivity index (χ4v) is 4.25. The Morgan fingerprint density at radius 1 is 1.14 bits per heavy atom. The maximum atomic E-state index is 13.0. The minimum absolute atomic E-state index is 0.0223. The smallest absolute Gasteiger partial charge is 0.316 e. The van der Waals surface area contributed by atoms with Gasteiger partial charge in [0, 0.05) is 11.1 Å². The average Bonchev–Trinajstić information content (AvgIpc) is 2.64. The van der Waals surface area contributed by atoms with Gasteiger partial charge in [0.05, 0.1) is 23.8 Å². The predicted octanol–water partition coefficient (Wildman–Crippen LogP) is 1.83. The third-order valence-electron chi connectivity index (χ3n) is 5.68. The number of phenolic OH excluding ortho intramolecular Hbond substituents is 2. The van der Waals surface area contributed by atoms with Gasteiger partial charge < -0.3 is 20.1 Å². The van der Waals surface area contributed by atoms with Crippen molar-refractivity contribution in [3.05, 3.63) is 57.6 Å². The number of rotatable bonds is 1. The van der Waals surface area contributed by atoms with E-state index in [0.717, 1.165) is 0 Å². The molecular weight excluding hydrogens is 364 g/mol. The highest BCUT2D eigenvalue weighted by atomic mass is 16.5. The molecule has 0 aliphatic heterocycles. The van der Waals surface area contributed by atoms with Gasteiger partial charge in [0.2, 0.25) is 5.78 Å². The highest BCUT2D eigenvalue weighted by molar-refractivity contribution is 6.30. The van der Waals surface area contributed by atoms with Crippen LogP contribution in [0.4, 0.5) is 0 Å². The third-order valence-corrected chi connectivity index (χ3v) is 5.68. The van der Waals surface area contributed by atoms with Crippen LogP contribution in [0.2, 0.25) is 0 Å². The number of carbonyl (C=O) groups excluding carboxylic acids is 3. The van der Waals surface area contributed by atoms with Crippen LogP contribution in [0.25, 0.3) is 0 Å². The number of ether oxygens (including phenoxy) is 1. The number of carbonyl (C=O) groups is 3. The van der Waals surface area contributed by atoms with Crippen molar-refractivity contribution in [1.82, 2.24) is 0 Å². The standard InChI is InChI=1S/C21H18O7/c1-21(27)7-6-9-11(16(21)20(26)28-2)8-12-15(18(9)24)19(25)14-10(17(12)23)4-3-5-13(14)22/h3-5,8,16,22,24,27H,6-7H2,1-2H3/t16?,21-/m0/s1. The molecule has 2 aliphatic carbocycles. The zero-order valence-corrected chi connectivity index (χ0v) is 15.3. The van der Waals surface area contributed by atoms with Gasteiger partial charge in [-0.15, -0.1) is 0 Å². The van der Waals surface area contributed by atoms with E-state index in [4.69, 9.17) is 4.74 Å². The molecule has 2 aromatic carbocycles. The Morgan fingerprint density at radius 2 is 1.86 bits per heavy atom. The molecule has 2 aliphatic rings. The number of esters is 1. The summed E-state index contributed by atoms with van der Waals surface area (Å²) in [6, 6.07) is 5.55. The summed E-state index contributed by atoms with van der Waals surface area (Å²) in [6.07, 6.45) is 0.375. The molecule has 0 spiro atoms. The van der Waals surface area contributed by atoms with E-state index < -0.39 is 34.8 Å². The average molecular weight is 382 g/mol.